The molecule has 4 heterocycles. The first-order valence-corrected chi connectivity index (χ1v) is 15.9. The summed E-state index contributed by atoms with van der Waals surface area (Å²) >= 11 is 0. The van der Waals surface area contributed by atoms with Gasteiger partial charge in [0.2, 0.25) is 5.95 Å². The van der Waals surface area contributed by atoms with Crippen LogP contribution < -0.4 is 5.32 Å². The summed E-state index contributed by atoms with van der Waals surface area (Å²) in [6.45, 7) is 8.64. The third kappa shape index (κ3) is 6.91. The Bertz CT molecular complexity index is 1920. The summed E-state index contributed by atoms with van der Waals surface area (Å²) in [6.07, 6.45) is -0.825. The average molecular weight is 656 g/mol. The molecule has 1 amide bonds. The van der Waals surface area contributed by atoms with Crippen LogP contribution in [0.15, 0.2) is 53.8 Å². The zero-order valence-electron chi connectivity index (χ0n) is 25.6. The molecule has 1 saturated heterocycles. The molecule has 0 saturated carbocycles. The van der Waals surface area contributed by atoms with E-state index in [1.54, 1.807) is 44.7 Å². The number of aryl methyl sites for hydroxylation is 1. The lowest BCUT2D eigenvalue weighted by Crippen LogP contribution is -2.42. The fourth-order valence-corrected chi connectivity index (χ4v) is 6.39. The molecule has 1 aliphatic heterocycles. The lowest BCUT2D eigenvalue weighted by Gasteiger charge is -2.33. The zero-order valence-corrected chi connectivity index (χ0v) is 26.4. The number of hydrogen-bond acceptors (Lipinski definition) is 9. The van der Waals surface area contributed by atoms with Crippen LogP contribution in [0.4, 0.5) is 23.9 Å². The Morgan fingerprint density at radius 1 is 1.11 bits per heavy atom. The molecular weight excluding hydrogens is 623 g/mol. The normalized spacial score (nSPS) is 14.7. The minimum absolute atomic E-state index is 0.0306. The minimum Gasteiger partial charge on any atom is -0.444 e. The Labute approximate surface area is 264 Å². The van der Waals surface area contributed by atoms with Crippen LogP contribution in [0.1, 0.15) is 50.3 Å². The van der Waals surface area contributed by atoms with Crippen molar-refractivity contribution in [1.82, 2.24) is 23.8 Å². The summed E-state index contributed by atoms with van der Waals surface area (Å²) in [5.41, 5.74) is -1.27. The van der Waals surface area contributed by atoms with Crippen molar-refractivity contribution in [3.05, 3.63) is 65.6 Å². The van der Waals surface area contributed by atoms with Gasteiger partial charge in [0.05, 0.1) is 27.9 Å². The van der Waals surface area contributed by atoms with Crippen LogP contribution in [-0.4, -0.2) is 63.6 Å². The Balaban J connectivity index is 1.47. The van der Waals surface area contributed by atoms with E-state index in [0.717, 1.165) is 21.8 Å². The molecule has 1 aliphatic rings. The Morgan fingerprint density at radius 3 is 2.39 bits per heavy atom. The third-order valence-corrected chi connectivity index (χ3v) is 9.16. The Kier molecular flexibility index (Phi) is 8.69. The van der Waals surface area contributed by atoms with E-state index in [9.17, 15) is 31.6 Å². The summed E-state index contributed by atoms with van der Waals surface area (Å²) in [5.74, 6) is 0.257. The number of ether oxygens (including phenoxy) is 1. The van der Waals surface area contributed by atoms with Crippen LogP contribution >= 0.6 is 0 Å². The molecule has 0 atom stereocenters. The van der Waals surface area contributed by atoms with Crippen molar-refractivity contribution in [1.29, 1.82) is 5.26 Å². The summed E-state index contributed by atoms with van der Waals surface area (Å²) in [7, 11) is -4.30. The second kappa shape index (κ2) is 12.2. The molecule has 1 N–H and O–H groups in total. The predicted molar refractivity (Wildman–Crippen MR) is 163 cm³/mol. The summed E-state index contributed by atoms with van der Waals surface area (Å²) < 4.78 is 74.8. The van der Waals surface area contributed by atoms with Gasteiger partial charge in [0.25, 0.3) is 10.0 Å². The highest BCUT2D eigenvalue weighted by Gasteiger charge is 2.33. The van der Waals surface area contributed by atoms with Gasteiger partial charge in [-0.3, -0.25) is 0 Å². The monoisotopic (exact) mass is 655 g/mol. The molecule has 4 aromatic rings. The van der Waals surface area contributed by atoms with Gasteiger partial charge in [-0.15, -0.1) is 0 Å². The van der Waals surface area contributed by atoms with Gasteiger partial charge in [-0.1, -0.05) is 17.7 Å². The van der Waals surface area contributed by atoms with Crippen molar-refractivity contribution >= 4 is 33.1 Å². The topological polar surface area (TPSA) is 143 Å². The number of aromatic nitrogens is 4. The highest BCUT2D eigenvalue weighted by molar-refractivity contribution is 7.90. The van der Waals surface area contributed by atoms with Crippen molar-refractivity contribution in [3.63, 3.8) is 0 Å². The van der Waals surface area contributed by atoms with Gasteiger partial charge < -0.3 is 15.0 Å². The SMILES string of the molecule is Cc1ccc(S(=O)(=O)n2cc(-c3nc(NCC4CCN(C(=O)OC(C)(C)C)CC4)ncc3C#N)c3cc(C(F)(F)F)cnc32)cc1. The number of anilines is 1. The van der Waals surface area contributed by atoms with E-state index in [1.165, 1.54) is 18.3 Å². The number of likely N-dealkylation sites (tertiary alicyclic amines) is 1. The van der Waals surface area contributed by atoms with Crippen LogP contribution in [-0.2, 0) is 20.9 Å². The highest BCUT2D eigenvalue weighted by Crippen LogP contribution is 2.37. The maximum atomic E-state index is 13.7. The highest BCUT2D eigenvalue weighted by atomic mass is 32.2. The number of alkyl halides is 3. The molecule has 0 spiro atoms. The molecule has 0 bridgehead atoms. The van der Waals surface area contributed by atoms with Crippen LogP contribution in [0.5, 0.6) is 0 Å². The van der Waals surface area contributed by atoms with Crippen molar-refractivity contribution in [2.45, 2.75) is 57.2 Å². The molecule has 3 aromatic heterocycles. The Hall–Kier alpha value is -4.71. The first-order valence-electron chi connectivity index (χ1n) is 14.5. The largest absolute Gasteiger partial charge is 0.444 e. The standard InChI is InChI=1S/C31H32F3N7O4S/c1-19-5-7-23(8-6-19)46(43,44)41-18-25(24-13-22(31(32,33)34)17-36-27(24)41)26-21(14-35)16-38-28(39-26)37-15-20-9-11-40(12-10-20)29(42)45-30(2,3)4/h5-8,13,16-18,20H,9-12,15H2,1-4H3,(H,37,38,39). The van der Waals surface area contributed by atoms with Gasteiger partial charge >= 0.3 is 12.3 Å². The predicted octanol–water partition coefficient (Wildman–Crippen LogP) is 5.99. The van der Waals surface area contributed by atoms with Gasteiger partial charge in [-0.05, 0) is 64.7 Å². The van der Waals surface area contributed by atoms with Gasteiger partial charge in [-0.2, -0.15) is 18.4 Å². The fourth-order valence-electron chi connectivity index (χ4n) is 5.07. The number of amides is 1. The van der Waals surface area contributed by atoms with E-state index < -0.39 is 27.4 Å². The van der Waals surface area contributed by atoms with Crippen LogP contribution in [0.25, 0.3) is 22.3 Å². The van der Waals surface area contributed by atoms with Gasteiger partial charge in [0, 0.05) is 43.0 Å². The van der Waals surface area contributed by atoms with Crippen LogP contribution in [0, 0.1) is 24.2 Å². The van der Waals surface area contributed by atoms with Gasteiger partial charge in [-0.25, -0.2) is 32.1 Å². The minimum atomic E-state index is -4.76. The smallest absolute Gasteiger partial charge is 0.417 e. The first-order chi connectivity index (χ1) is 21.6. The lowest BCUT2D eigenvalue weighted by molar-refractivity contribution is -0.137. The molecule has 1 fully saturated rings. The van der Waals surface area contributed by atoms with E-state index in [1.807, 2.05) is 6.07 Å². The number of carbonyl (C=O) groups is 1. The second-order valence-corrected chi connectivity index (χ2v) is 13.9. The number of fused-ring (bicyclic) bond motifs is 1. The molecule has 15 heteroatoms. The quantitative estimate of drug-likeness (QED) is 0.265. The number of nitrogens with one attached hydrogen (secondary N) is 1. The molecule has 242 valence electrons. The number of pyridine rings is 1. The van der Waals surface area contributed by atoms with Crippen LogP contribution in [0.3, 0.4) is 0 Å². The Morgan fingerprint density at radius 2 is 1.78 bits per heavy atom. The summed E-state index contributed by atoms with van der Waals surface area (Å²) in [6, 6.07) is 8.75. The number of carbonyl (C=O) groups excluding carboxylic acids is 1. The maximum absolute atomic E-state index is 13.7. The van der Waals surface area contributed by atoms with E-state index >= 15 is 0 Å². The fraction of sp³-hybridized carbons (Fsp3) is 0.387. The van der Waals surface area contributed by atoms with E-state index in [2.05, 4.69) is 20.3 Å². The summed E-state index contributed by atoms with van der Waals surface area (Å²) in [5, 5.41) is 12.8. The lowest BCUT2D eigenvalue weighted by atomic mass is 9.97. The van der Waals surface area contributed by atoms with Crippen LogP contribution in [0.2, 0.25) is 0 Å². The number of nitrogens with zero attached hydrogens (tertiary/aromatic N) is 6. The zero-order chi connectivity index (χ0) is 33.4. The average Bonchev–Trinajstić information content (AvgIpc) is 3.39. The molecular formula is C31H32F3N7O4S. The number of hydrogen-bond donors (Lipinski definition) is 1. The number of halogens is 3. The first kappa shape index (κ1) is 32.7. The number of piperidine rings is 1. The molecule has 0 aliphatic carbocycles. The molecule has 1 aromatic carbocycles. The summed E-state index contributed by atoms with van der Waals surface area (Å²) in [4.78, 5) is 26.5. The number of benzene rings is 1. The molecule has 0 radical (unpaired) electrons. The third-order valence-electron chi connectivity index (χ3n) is 7.50. The molecule has 0 unspecified atom stereocenters. The van der Waals surface area contributed by atoms with Crippen molar-refractivity contribution < 1.29 is 31.1 Å². The van der Waals surface area contributed by atoms with Crippen molar-refractivity contribution in [2.24, 2.45) is 5.92 Å². The second-order valence-electron chi connectivity index (χ2n) is 12.1. The number of nitriles is 1. The maximum Gasteiger partial charge on any atom is 0.417 e. The molecule has 5 rings (SSSR count). The van der Waals surface area contributed by atoms with Gasteiger partial charge in [0.15, 0.2) is 5.65 Å². The van der Waals surface area contributed by atoms with E-state index in [-0.39, 0.29) is 50.7 Å². The van der Waals surface area contributed by atoms with Crippen molar-refractivity contribution in [2.75, 3.05) is 25.0 Å². The molecule has 46 heavy (non-hydrogen) atoms. The number of rotatable bonds is 6. The van der Waals surface area contributed by atoms with Gasteiger partial charge in [0.1, 0.15) is 11.7 Å². The molecule has 11 nitrogen and oxygen atoms in total. The van der Waals surface area contributed by atoms with Crippen molar-refractivity contribution in [3.8, 4) is 17.3 Å². The van der Waals surface area contributed by atoms with E-state index in [4.69, 9.17) is 4.74 Å². The van der Waals surface area contributed by atoms with E-state index in [0.29, 0.717) is 38.7 Å².